The van der Waals surface area contributed by atoms with E-state index < -0.39 is 0 Å². The molecule has 1 aliphatic rings. The van der Waals surface area contributed by atoms with Crippen molar-refractivity contribution < 1.29 is 9.69 Å². The van der Waals surface area contributed by atoms with Crippen molar-refractivity contribution in [1.29, 1.82) is 0 Å². The molecular formula is C22H30N3O+. The van der Waals surface area contributed by atoms with Gasteiger partial charge in [0.25, 0.3) is 0 Å². The molecule has 0 atom stereocenters. The molecule has 4 nitrogen and oxygen atoms in total. The van der Waals surface area contributed by atoms with E-state index in [9.17, 15) is 4.79 Å². The van der Waals surface area contributed by atoms with Crippen molar-refractivity contribution in [3.8, 4) is 0 Å². The molecule has 3 rings (SSSR count). The van der Waals surface area contributed by atoms with Crippen LogP contribution in [0.25, 0.3) is 0 Å². The molecule has 0 aromatic heterocycles. The lowest BCUT2D eigenvalue weighted by Crippen LogP contribution is -3.14. The zero-order valence-electron chi connectivity index (χ0n) is 16.1. The maximum absolute atomic E-state index is 12.6. The van der Waals surface area contributed by atoms with Crippen molar-refractivity contribution in [1.82, 2.24) is 0 Å². The Bertz CT molecular complexity index is 764. The van der Waals surface area contributed by atoms with Gasteiger partial charge in [-0.25, -0.2) is 0 Å². The molecule has 1 saturated heterocycles. The molecule has 0 radical (unpaired) electrons. The summed E-state index contributed by atoms with van der Waals surface area (Å²) in [5.41, 5.74) is 5.60. The van der Waals surface area contributed by atoms with E-state index in [1.54, 1.807) is 4.90 Å². The predicted octanol–water partition coefficient (Wildman–Crippen LogP) is 2.21. The normalized spacial score (nSPS) is 15.1. The average Bonchev–Trinajstić information content (AvgIpc) is 2.65. The Labute approximate surface area is 156 Å². The Kier molecular flexibility index (Phi) is 5.94. The smallest absolute Gasteiger partial charge is 0.228 e. The summed E-state index contributed by atoms with van der Waals surface area (Å²) in [5.74, 6) is 0.0403. The molecule has 138 valence electrons. The quantitative estimate of drug-likeness (QED) is 0.866. The molecule has 1 fully saturated rings. The van der Waals surface area contributed by atoms with Gasteiger partial charge < -0.3 is 15.1 Å². The van der Waals surface area contributed by atoms with Crippen molar-refractivity contribution in [2.75, 3.05) is 42.9 Å². The number of likely N-dealkylation sites (N-methyl/N-ethyl adjacent to an activating group) is 1. The molecule has 2 aromatic rings. The fourth-order valence-electron chi connectivity index (χ4n) is 3.57. The second-order valence-electron chi connectivity index (χ2n) is 7.25. The van der Waals surface area contributed by atoms with Crippen LogP contribution in [-0.2, 0) is 11.2 Å². The standard InChI is InChI=1S/C22H29N3O/c1-4-24-11-13-25(14-12-24)21-8-6-5-7-20(21)23-22(26)16-19-10-9-17(2)18(3)15-19/h5-10,15H,4,11-14,16H2,1-3H3,(H,23,26)/p+1. The Morgan fingerprint density at radius 2 is 1.81 bits per heavy atom. The Hall–Kier alpha value is -2.33. The Morgan fingerprint density at radius 1 is 1.08 bits per heavy atom. The molecule has 2 N–H and O–H groups in total. The van der Waals surface area contributed by atoms with Gasteiger partial charge in [-0.05, 0) is 49.6 Å². The van der Waals surface area contributed by atoms with Crippen LogP contribution >= 0.6 is 0 Å². The fraction of sp³-hybridized carbons (Fsp3) is 0.409. The third-order valence-electron chi connectivity index (χ3n) is 5.43. The topological polar surface area (TPSA) is 36.8 Å². The van der Waals surface area contributed by atoms with Crippen LogP contribution < -0.4 is 15.1 Å². The summed E-state index contributed by atoms with van der Waals surface area (Å²) in [6.45, 7) is 12.0. The van der Waals surface area contributed by atoms with Gasteiger partial charge in [0, 0.05) is 0 Å². The summed E-state index contributed by atoms with van der Waals surface area (Å²) in [6, 6.07) is 14.4. The van der Waals surface area contributed by atoms with Gasteiger partial charge in [0.2, 0.25) is 5.91 Å². The van der Waals surface area contributed by atoms with Crippen LogP contribution in [-0.4, -0.2) is 38.6 Å². The maximum Gasteiger partial charge on any atom is 0.228 e. The molecule has 2 aromatic carbocycles. The first kappa shape index (κ1) is 18.5. The molecule has 1 amide bonds. The second kappa shape index (κ2) is 8.37. The van der Waals surface area contributed by atoms with Gasteiger partial charge in [-0.15, -0.1) is 0 Å². The fourth-order valence-corrected chi connectivity index (χ4v) is 3.57. The van der Waals surface area contributed by atoms with Crippen molar-refractivity contribution in [2.45, 2.75) is 27.2 Å². The third-order valence-corrected chi connectivity index (χ3v) is 5.43. The van der Waals surface area contributed by atoms with Crippen LogP contribution in [0.15, 0.2) is 42.5 Å². The number of nitrogens with one attached hydrogen (secondary N) is 2. The zero-order chi connectivity index (χ0) is 18.5. The molecular weight excluding hydrogens is 322 g/mol. The van der Waals surface area contributed by atoms with Crippen LogP contribution in [0.4, 0.5) is 11.4 Å². The highest BCUT2D eigenvalue weighted by atomic mass is 16.1. The van der Waals surface area contributed by atoms with Crippen LogP contribution in [0.5, 0.6) is 0 Å². The molecule has 26 heavy (non-hydrogen) atoms. The number of quaternary nitrogens is 1. The van der Waals surface area contributed by atoms with Gasteiger partial charge in [0.05, 0.1) is 50.5 Å². The molecule has 0 saturated carbocycles. The lowest BCUT2D eigenvalue weighted by molar-refractivity contribution is -0.898. The number of piperazine rings is 1. The molecule has 0 aliphatic carbocycles. The summed E-state index contributed by atoms with van der Waals surface area (Å²) >= 11 is 0. The van der Waals surface area contributed by atoms with E-state index in [4.69, 9.17) is 0 Å². The molecule has 1 aliphatic heterocycles. The lowest BCUT2D eigenvalue weighted by Gasteiger charge is -2.34. The maximum atomic E-state index is 12.6. The van der Waals surface area contributed by atoms with Gasteiger partial charge in [-0.3, -0.25) is 4.79 Å². The van der Waals surface area contributed by atoms with E-state index in [0.29, 0.717) is 6.42 Å². The van der Waals surface area contributed by atoms with E-state index in [0.717, 1.165) is 43.1 Å². The number of hydrogen-bond donors (Lipinski definition) is 2. The highest BCUT2D eigenvalue weighted by Gasteiger charge is 2.21. The number of carbonyl (C=O) groups is 1. The number of anilines is 2. The monoisotopic (exact) mass is 352 g/mol. The second-order valence-corrected chi connectivity index (χ2v) is 7.25. The van der Waals surface area contributed by atoms with Crippen LogP contribution in [0, 0.1) is 13.8 Å². The first-order valence-electron chi connectivity index (χ1n) is 9.60. The van der Waals surface area contributed by atoms with Gasteiger partial charge in [0.15, 0.2) is 0 Å². The SMILES string of the molecule is CC[NH+]1CCN(c2ccccc2NC(=O)Cc2ccc(C)c(C)c2)CC1. The van der Waals surface area contributed by atoms with E-state index >= 15 is 0 Å². The van der Waals surface area contributed by atoms with Crippen molar-refractivity contribution in [3.63, 3.8) is 0 Å². The summed E-state index contributed by atoms with van der Waals surface area (Å²) < 4.78 is 0. The van der Waals surface area contributed by atoms with Gasteiger partial charge in [-0.2, -0.15) is 0 Å². The van der Waals surface area contributed by atoms with Crippen molar-refractivity contribution in [3.05, 3.63) is 59.2 Å². The van der Waals surface area contributed by atoms with Crippen LogP contribution in [0.1, 0.15) is 23.6 Å². The number of para-hydroxylation sites is 2. The highest BCUT2D eigenvalue weighted by Crippen LogP contribution is 2.25. The number of carbonyl (C=O) groups excluding carboxylic acids is 1. The number of aryl methyl sites for hydroxylation is 2. The van der Waals surface area contributed by atoms with Gasteiger partial charge in [0.1, 0.15) is 0 Å². The van der Waals surface area contributed by atoms with Crippen molar-refractivity contribution in [2.24, 2.45) is 0 Å². The minimum atomic E-state index is 0.0403. The summed E-state index contributed by atoms with van der Waals surface area (Å²) in [4.78, 5) is 16.6. The van der Waals surface area contributed by atoms with Gasteiger partial charge >= 0.3 is 0 Å². The number of hydrogen-bond acceptors (Lipinski definition) is 2. The summed E-state index contributed by atoms with van der Waals surface area (Å²) in [7, 11) is 0. The van der Waals surface area contributed by atoms with E-state index in [-0.39, 0.29) is 5.91 Å². The van der Waals surface area contributed by atoms with Crippen LogP contribution in [0.2, 0.25) is 0 Å². The first-order valence-corrected chi connectivity index (χ1v) is 9.60. The zero-order valence-corrected chi connectivity index (χ0v) is 16.1. The largest absolute Gasteiger partial charge is 0.359 e. The Balaban J connectivity index is 1.68. The number of amides is 1. The molecule has 0 unspecified atom stereocenters. The van der Waals surface area contributed by atoms with Crippen molar-refractivity contribution >= 4 is 17.3 Å². The van der Waals surface area contributed by atoms with Crippen LogP contribution in [0.3, 0.4) is 0 Å². The number of benzene rings is 2. The molecule has 1 heterocycles. The molecule has 0 spiro atoms. The van der Waals surface area contributed by atoms with E-state index in [2.05, 4.69) is 49.2 Å². The number of nitrogens with zero attached hydrogens (tertiary/aromatic N) is 1. The minimum Gasteiger partial charge on any atom is -0.359 e. The average molecular weight is 353 g/mol. The first-order chi connectivity index (χ1) is 12.6. The summed E-state index contributed by atoms with van der Waals surface area (Å²) in [6.07, 6.45) is 0.406. The van der Waals surface area contributed by atoms with E-state index in [1.165, 1.54) is 17.7 Å². The highest BCUT2D eigenvalue weighted by molar-refractivity contribution is 5.95. The van der Waals surface area contributed by atoms with Gasteiger partial charge in [-0.1, -0.05) is 30.3 Å². The van der Waals surface area contributed by atoms with E-state index in [1.807, 2.05) is 24.3 Å². The molecule has 0 bridgehead atoms. The predicted molar refractivity (Wildman–Crippen MR) is 108 cm³/mol. The third kappa shape index (κ3) is 4.44. The lowest BCUT2D eigenvalue weighted by atomic mass is 10.0. The summed E-state index contributed by atoms with van der Waals surface area (Å²) in [5, 5.41) is 3.13. The molecule has 4 heteroatoms. The number of rotatable bonds is 5. The Morgan fingerprint density at radius 3 is 2.50 bits per heavy atom. The minimum absolute atomic E-state index is 0.0403.